The van der Waals surface area contributed by atoms with Crippen molar-refractivity contribution in [3.05, 3.63) is 29.8 Å². The molecule has 0 bridgehead atoms. The number of aliphatic carboxylic acids is 1. The van der Waals surface area contributed by atoms with Gasteiger partial charge in [0.1, 0.15) is 0 Å². The molecular weight excluding hydrogens is 264 g/mol. The van der Waals surface area contributed by atoms with E-state index in [-0.39, 0.29) is 4.90 Å². The Morgan fingerprint density at radius 3 is 2.05 bits per heavy atom. The molecule has 0 aliphatic rings. The molecule has 106 valence electrons. The van der Waals surface area contributed by atoms with Crippen molar-refractivity contribution in [2.75, 3.05) is 5.75 Å². The lowest BCUT2D eigenvalue weighted by molar-refractivity contribution is -0.145. The summed E-state index contributed by atoms with van der Waals surface area (Å²) >= 11 is 0. The largest absolute Gasteiger partial charge is 0.481 e. The molecule has 0 fully saturated rings. The number of carboxylic acids is 1. The van der Waals surface area contributed by atoms with Crippen molar-refractivity contribution in [3.63, 3.8) is 0 Å². The summed E-state index contributed by atoms with van der Waals surface area (Å²) in [7, 11) is -3.59. The number of sulfone groups is 1. The number of hydrogen-bond donors (Lipinski definition) is 1. The van der Waals surface area contributed by atoms with Crippen molar-refractivity contribution in [3.8, 4) is 0 Å². The molecule has 1 rings (SSSR count). The van der Waals surface area contributed by atoms with Crippen LogP contribution in [0.4, 0.5) is 0 Å². The van der Waals surface area contributed by atoms with Gasteiger partial charge in [0, 0.05) is 0 Å². The highest BCUT2D eigenvalue weighted by atomic mass is 32.2. The van der Waals surface area contributed by atoms with Gasteiger partial charge in [0.05, 0.1) is 16.1 Å². The predicted octanol–water partition coefficient (Wildman–Crippen LogP) is 2.69. The smallest absolute Gasteiger partial charge is 0.310 e. The Kier molecular flexibility index (Phi) is 4.40. The summed E-state index contributed by atoms with van der Waals surface area (Å²) in [4.78, 5) is 11.2. The monoisotopic (exact) mass is 284 g/mol. The minimum atomic E-state index is -3.59. The number of hydrogen-bond acceptors (Lipinski definition) is 3. The lowest BCUT2D eigenvalue weighted by atomic mass is 9.97. The summed E-state index contributed by atoms with van der Waals surface area (Å²) in [5, 5.41) is 9.00. The first-order chi connectivity index (χ1) is 8.56. The van der Waals surface area contributed by atoms with Gasteiger partial charge in [0.2, 0.25) is 0 Å². The molecule has 0 amide bonds. The van der Waals surface area contributed by atoms with Gasteiger partial charge in [-0.2, -0.15) is 0 Å². The number of benzene rings is 1. The first kappa shape index (κ1) is 15.7. The molecule has 1 N–H and O–H groups in total. The van der Waals surface area contributed by atoms with Gasteiger partial charge in [0.25, 0.3) is 0 Å². The Labute approximate surface area is 114 Å². The van der Waals surface area contributed by atoms with Gasteiger partial charge >= 0.3 is 5.97 Å². The van der Waals surface area contributed by atoms with Gasteiger partial charge in [-0.3, -0.25) is 4.79 Å². The highest BCUT2D eigenvalue weighted by Crippen LogP contribution is 2.24. The van der Waals surface area contributed by atoms with Gasteiger partial charge in [0.15, 0.2) is 9.84 Å². The minimum Gasteiger partial charge on any atom is -0.481 e. The van der Waals surface area contributed by atoms with Gasteiger partial charge in [-0.15, -0.1) is 0 Å². The predicted molar refractivity (Wildman–Crippen MR) is 74.0 cm³/mol. The Morgan fingerprint density at radius 1 is 1.21 bits per heavy atom. The van der Waals surface area contributed by atoms with Crippen LogP contribution in [-0.4, -0.2) is 25.2 Å². The lowest BCUT2D eigenvalue weighted by Crippen LogP contribution is -2.32. The van der Waals surface area contributed by atoms with E-state index >= 15 is 0 Å². The van der Waals surface area contributed by atoms with E-state index in [0.29, 0.717) is 5.92 Å². The van der Waals surface area contributed by atoms with Crippen molar-refractivity contribution < 1.29 is 18.3 Å². The second-order valence-corrected chi connectivity index (χ2v) is 7.66. The van der Waals surface area contributed by atoms with E-state index in [9.17, 15) is 13.2 Å². The maximum absolute atomic E-state index is 12.2. The highest BCUT2D eigenvalue weighted by molar-refractivity contribution is 7.91. The Bertz CT molecular complexity index is 554. The zero-order chi connectivity index (χ0) is 14.8. The zero-order valence-corrected chi connectivity index (χ0v) is 12.5. The molecular formula is C14H20O4S. The highest BCUT2D eigenvalue weighted by Gasteiger charge is 2.34. The molecule has 5 heteroatoms. The fraction of sp³-hybridized carbons (Fsp3) is 0.500. The van der Waals surface area contributed by atoms with Gasteiger partial charge < -0.3 is 5.11 Å². The average molecular weight is 284 g/mol. The molecule has 0 aromatic heterocycles. The van der Waals surface area contributed by atoms with Crippen LogP contribution < -0.4 is 0 Å². The van der Waals surface area contributed by atoms with Gasteiger partial charge in [-0.05, 0) is 37.5 Å². The molecule has 0 atom stereocenters. The van der Waals surface area contributed by atoms with Crippen LogP contribution in [0, 0.1) is 5.41 Å². The van der Waals surface area contributed by atoms with E-state index in [1.54, 1.807) is 24.3 Å². The fourth-order valence-corrected chi connectivity index (χ4v) is 3.47. The van der Waals surface area contributed by atoms with E-state index < -0.39 is 27.0 Å². The van der Waals surface area contributed by atoms with Crippen molar-refractivity contribution >= 4 is 15.8 Å². The minimum absolute atomic E-state index is 0.172. The van der Waals surface area contributed by atoms with E-state index in [0.717, 1.165) is 5.56 Å². The maximum atomic E-state index is 12.2. The zero-order valence-electron chi connectivity index (χ0n) is 11.7. The van der Waals surface area contributed by atoms with Crippen molar-refractivity contribution in [1.29, 1.82) is 0 Å². The Morgan fingerprint density at radius 2 is 1.68 bits per heavy atom. The third-order valence-electron chi connectivity index (χ3n) is 3.04. The SMILES string of the molecule is CC(C)c1ccc(S(=O)(=O)CC(C)(C)C(=O)O)cc1. The molecule has 0 unspecified atom stereocenters. The van der Waals surface area contributed by atoms with Crippen molar-refractivity contribution in [2.45, 2.75) is 38.5 Å². The molecule has 19 heavy (non-hydrogen) atoms. The molecule has 0 radical (unpaired) electrons. The van der Waals surface area contributed by atoms with Crippen LogP contribution in [-0.2, 0) is 14.6 Å². The summed E-state index contributed by atoms with van der Waals surface area (Å²) in [5.41, 5.74) is -0.244. The summed E-state index contributed by atoms with van der Waals surface area (Å²) in [6.45, 7) is 6.87. The first-order valence-corrected chi connectivity index (χ1v) is 7.77. The molecule has 0 aliphatic heterocycles. The summed E-state index contributed by atoms with van der Waals surface area (Å²) < 4.78 is 24.3. The van der Waals surface area contributed by atoms with Crippen LogP contribution in [0.3, 0.4) is 0 Å². The molecule has 0 saturated carbocycles. The Hall–Kier alpha value is -1.36. The molecule has 0 aliphatic carbocycles. The molecule has 1 aromatic rings. The third-order valence-corrected chi connectivity index (χ3v) is 5.13. The molecule has 4 nitrogen and oxygen atoms in total. The van der Waals surface area contributed by atoms with Crippen LogP contribution in [0.2, 0.25) is 0 Å². The Balaban J connectivity index is 3.05. The molecule has 0 spiro atoms. The van der Waals surface area contributed by atoms with Crippen molar-refractivity contribution in [2.24, 2.45) is 5.41 Å². The average Bonchev–Trinajstić information content (AvgIpc) is 2.27. The number of carbonyl (C=O) groups is 1. The third kappa shape index (κ3) is 3.80. The molecule has 1 aromatic carbocycles. The summed E-state index contributed by atoms with van der Waals surface area (Å²) in [6.07, 6.45) is 0. The van der Waals surface area contributed by atoms with Gasteiger partial charge in [-0.25, -0.2) is 8.42 Å². The van der Waals surface area contributed by atoms with Crippen LogP contribution in [0.25, 0.3) is 0 Å². The molecule has 0 heterocycles. The van der Waals surface area contributed by atoms with E-state index in [1.165, 1.54) is 13.8 Å². The van der Waals surface area contributed by atoms with Crippen LogP contribution in [0.1, 0.15) is 39.2 Å². The summed E-state index contributed by atoms with van der Waals surface area (Å²) in [6, 6.07) is 6.63. The summed E-state index contributed by atoms with van der Waals surface area (Å²) in [5.74, 6) is -1.20. The maximum Gasteiger partial charge on any atom is 0.310 e. The van der Waals surface area contributed by atoms with Gasteiger partial charge in [-0.1, -0.05) is 26.0 Å². The first-order valence-electron chi connectivity index (χ1n) is 6.12. The standard InChI is InChI=1S/C14H20O4S/c1-10(2)11-5-7-12(8-6-11)19(17,18)9-14(3,4)13(15)16/h5-8,10H,9H2,1-4H3,(H,15,16). The molecule has 0 saturated heterocycles. The normalized spacial score (nSPS) is 12.7. The van der Waals surface area contributed by atoms with E-state index in [2.05, 4.69) is 0 Å². The van der Waals surface area contributed by atoms with Crippen LogP contribution >= 0.6 is 0 Å². The topological polar surface area (TPSA) is 71.4 Å². The second-order valence-electron chi connectivity index (χ2n) is 5.67. The van der Waals surface area contributed by atoms with Crippen LogP contribution in [0.5, 0.6) is 0 Å². The fourth-order valence-electron chi connectivity index (χ4n) is 1.68. The van der Waals surface area contributed by atoms with Crippen LogP contribution in [0.15, 0.2) is 29.2 Å². The lowest BCUT2D eigenvalue weighted by Gasteiger charge is -2.19. The quantitative estimate of drug-likeness (QED) is 0.902. The van der Waals surface area contributed by atoms with E-state index in [4.69, 9.17) is 5.11 Å². The van der Waals surface area contributed by atoms with Crippen molar-refractivity contribution in [1.82, 2.24) is 0 Å². The second kappa shape index (κ2) is 5.33. The number of carboxylic acid groups (broad SMARTS) is 1. The number of rotatable bonds is 5. The van der Waals surface area contributed by atoms with E-state index in [1.807, 2.05) is 13.8 Å².